The first kappa shape index (κ1) is 14.6. The van der Waals surface area contributed by atoms with Crippen LogP contribution in [-0.4, -0.2) is 15.0 Å². The maximum absolute atomic E-state index is 6.15. The average molecular weight is 359 g/mol. The molecule has 0 fully saturated rings. The second kappa shape index (κ2) is 6.23. The number of halogens is 1. The third kappa shape index (κ3) is 3.06. The molecule has 4 nitrogen and oxygen atoms in total. The van der Waals surface area contributed by atoms with Crippen molar-refractivity contribution in [3.8, 4) is 11.5 Å². The Morgan fingerprint density at radius 3 is 2.91 bits per heavy atom. The number of hydrogen-bond acceptors (Lipinski definition) is 5. The van der Waals surface area contributed by atoms with Crippen LogP contribution in [0.3, 0.4) is 0 Å². The predicted molar refractivity (Wildman–Crippen MR) is 98.1 cm³/mol. The van der Waals surface area contributed by atoms with Crippen molar-refractivity contribution in [3.63, 3.8) is 0 Å². The van der Waals surface area contributed by atoms with Crippen molar-refractivity contribution in [2.24, 2.45) is 0 Å². The zero-order chi connectivity index (χ0) is 15.6. The minimum atomic E-state index is 0.702. The number of benzene rings is 2. The van der Waals surface area contributed by atoms with Crippen LogP contribution in [0.1, 0.15) is 0 Å². The molecule has 0 saturated heterocycles. The number of thiazole rings is 1. The molecule has 0 bridgehead atoms. The summed E-state index contributed by atoms with van der Waals surface area (Å²) in [6.45, 7) is 0. The first-order chi connectivity index (χ1) is 11.3. The lowest BCUT2D eigenvalue weighted by Gasteiger charge is -2.06. The van der Waals surface area contributed by atoms with Gasteiger partial charge in [0, 0.05) is 10.3 Å². The van der Waals surface area contributed by atoms with Gasteiger partial charge < -0.3 is 9.71 Å². The molecule has 2 aromatic heterocycles. The topological polar surface area (TPSA) is 53.6 Å². The highest BCUT2D eigenvalue weighted by atomic mass is 35.5. The van der Waals surface area contributed by atoms with Gasteiger partial charge in [-0.15, -0.1) is 11.3 Å². The monoisotopic (exact) mass is 358 g/mol. The van der Waals surface area contributed by atoms with E-state index in [4.69, 9.17) is 11.6 Å². The molecule has 0 unspecified atom stereocenters. The van der Waals surface area contributed by atoms with Crippen LogP contribution >= 0.6 is 34.9 Å². The normalized spacial score (nSPS) is 11.0. The van der Waals surface area contributed by atoms with Crippen LogP contribution in [0.4, 0.5) is 5.69 Å². The van der Waals surface area contributed by atoms with E-state index in [-0.39, 0.29) is 0 Å². The number of hydrogen-bond donors (Lipinski definition) is 2. The zero-order valence-electron chi connectivity index (χ0n) is 11.8. The van der Waals surface area contributed by atoms with E-state index in [1.807, 2.05) is 41.8 Å². The summed E-state index contributed by atoms with van der Waals surface area (Å²) in [7, 11) is 0. The number of para-hydroxylation sites is 1. The van der Waals surface area contributed by atoms with E-state index in [1.54, 1.807) is 16.8 Å². The number of anilines is 1. The second-order valence-electron chi connectivity index (χ2n) is 4.82. The van der Waals surface area contributed by atoms with Crippen molar-refractivity contribution < 1.29 is 0 Å². The molecule has 0 spiro atoms. The van der Waals surface area contributed by atoms with E-state index in [0.29, 0.717) is 5.02 Å². The Morgan fingerprint density at radius 1 is 1.17 bits per heavy atom. The van der Waals surface area contributed by atoms with E-state index in [1.165, 1.54) is 11.9 Å². The standard InChI is InChI=1S/C16H11ClN4S2/c17-11-3-1-2-4-12(11)21-23-10-5-6-13-14(7-10)20-16(19-13)15-8-22-9-18-15/h1-9,21H,(H,19,20). The van der Waals surface area contributed by atoms with Crippen molar-refractivity contribution in [2.45, 2.75) is 4.90 Å². The quantitative estimate of drug-likeness (QED) is 0.476. The van der Waals surface area contributed by atoms with Gasteiger partial charge in [0.15, 0.2) is 5.82 Å². The molecule has 2 N–H and O–H groups in total. The van der Waals surface area contributed by atoms with Crippen LogP contribution in [-0.2, 0) is 0 Å². The minimum Gasteiger partial charge on any atom is -0.337 e. The summed E-state index contributed by atoms with van der Waals surface area (Å²) in [5.74, 6) is 0.794. The van der Waals surface area contributed by atoms with Crippen molar-refractivity contribution >= 4 is 51.6 Å². The lowest BCUT2D eigenvalue weighted by atomic mass is 10.3. The highest BCUT2D eigenvalue weighted by molar-refractivity contribution is 8.00. The Bertz CT molecular complexity index is 950. The average Bonchev–Trinajstić information content (AvgIpc) is 3.22. The molecule has 2 heterocycles. The van der Waals surface area contributed by atoms with Crippen LogP contribution in [0, 0.1) is 0 Å². The first-order valence-corrected chi connectivity index (χ1v) is 8.99. The van der Waals surface area contributed by atoms with E-state index in [0.717, 1.165) is 33.1 Å². The third-order valence-corrected chi connectivity index (χ3v) is 5.01. The maximum atomic E-state index is 6.15. The fourth-order valence-electron chi connectivity index (χ4n) is 2.16. The summed E-state index contributed by atoms with van der Waals surface area (Å²) in [6, 6.07) is 13.8. The summed E-state index contributed by atoms with van der Waals surface area (Å²) in [5, 5.41) is 2.68. The Kier molecular flexibility index (Phi) is 3.95. The predicted octanol–water partition coefficient (Wildman–Crippen LogP) is 5.46. The molecular weight excluding hydrogens is 348 g/mol. The lowest BCUT2D eigenvalue weighted by Crippen LogP contribution is -1.87. The highest BCUT2D eigenvalue weighted by Crippen LogP contribution is 2.29. The highest BCUT2D eigenvalue weighted by Gasteiger charge is 2.08. The number of nitrogens with zero attached hydrogens (tertiary/aromatic N) is 2. The zero-order valence-corrected chi connectivity index (χ0v) is 14.2. The number of nitrogens with one attached hydrogen (secondary N) is 2. The molecule has 0 saturated carbocycles. The summed E-state index contributed by atoms with van der Waals surface area (Å²) in [4.78, 5) is 13.2. The molecule has 0 aliphatic rings. The molecule has 0 amide bonds. The summed E-state index contributed by atoms with van der Waals surface area (Å²) in [6.07, 6.45) is 0. The summed E-state index contributed by atoms with van der Waals surface area (Å²) < 4.78 is 3.27. The van der Waals surface area contributed by atoms with Gasteiger partial charge in [-0.3, -0.25) is 0 Å². The lowest BCUT2D eigenvalue weighted by molar-refractivity contribution is 1.27. The van der Waals surface area contributed by atoms with Gasteiger partial charge in [0.05, 0.1) is 27.3 Å². The van der Waals surface area contributed by atoms with Crippen molar-refractivity contribution in [2.75, 3.05) is 4.72 Å². The van der Waals surface area contributed by atoms with Gasteiger partial charge in [-0.1, -0.05) is 23.7 Å². The molecule has 0 aliphatic heterocycles. The molecule has 23 heavy (non-hydrogen) atoms. The van der Waals surface area contributed by atoms with E-state index in [9.17, 15) is 0 Å². The number of H-pyrrole nitrogens is 1. The number of imidazole rings is 1. The van der Waals surface area contributed by atoms with Crippen molar-refractivity contribution in [1.82, 2.24) is 15.0 Å². The fourth-order valence-corrected chi connectivity index (χ4v) is 3.66. The van der Waals surface area contributed by atoms with Gasteiger partial charge in [0.2, 0.25) is 0 Å². The van der Waals surface area contributed by atoms with E-state index in [2.05, 4.69) is 25.7 Å². The van der Waals surface area contributed by atoms with Gasteiger partial charge in [-0.05, 0) is 42.3 Å². The van der Waals surface area contributed by atoms with Crippen LogP contribution in [0.15, 0.2) is 58.3 Å². The van der Waals surface area contributed by atoms with E-state index >= 15 is 0 Å². The summed E-state index contributed by atoms with van der Waals surface area (Å²) >= 11 is 9.22. The maximum Gasteiger partial charge on any atom is 0.158 e. The first-order valence-electron chi connectivity index (χ1n) is 6.85. The number of fused-ring (bicyclic) bond motifs is 1. The van der Waals surface area contributed by atoms with Crippen molar-refractivity contribution in [1.29, 1.82) is 0 Å². The minimum absolute atomic E-state index is 0.702. The van der Waals surface area contributed by atoms with Crippen molar-refractivity contribution in [3.05, 3.63) is 58.4 Å². The molecular formula is C16H11ClN4S2. The summed E-state index contributed by atoms with van der Waals surface area (Å²) in [5.41, 5.74) is 5.48. The number of rotatable bonds is 4. The fraction of sp³-hybridized carbons (Fsp3) is 0. The molecule has 4 aromatic rings. The molecule has 2 aromatic carbocycles. The Morgan fingerprint density at radius 2 is 2.09 bits per heavy atom. The van der Waals surface area contributed by atoms with E-state index < -0.39 is 0 Å². The Hall–Kier alpha value is -2.02. The molecule has 0 atom stereocenters. The molecule has 0 aliphatic carbocycles. The number of aromatic amines is 1. The number of aromatic nitrogens is 3. The largest absolute Gasteiger partial charge is 0.337 e. The van der Waals surface area contributed by atoms with Gasteiger partial charge >= 0.3 is 0 Å². The van der Waals surface area contributed by atoms with Gasteiger partial charge in [0.25, 0.3) is 0 Å². The molecule has 7 heteroatoms. The van der Waals surface area contributed by atoms with Gasteiger partial charge in [-0.25, -0.2) is 9.97 Å². The SMILES string of the molecule is Clc1ccccc1NSc1ccc2nc(-c3cscn3)[nH]c2c1. The van der Waals surface area contributed by atoms with Crippen LogP contribution in [0.2, 0.25) is 5.02 Å². The van der Waals surface area contributed by atoms with Crippen LogP contribution in [0.25, 0.3) is 22.6 Å². The smallest absolute Gasteiger partial charge is 0.158 e. The van der Waals surface area contributed by atoms with Crippen LogP contribution in [0.5, 0.6) is 0 Å². The molecule has 0 radical (unpaired) electrons. The molecule has 4 rings (SSSR count). The molecule has 114 valence electrons. The van der Waals surface area contributed by atoms with Gasteiger partial charge in [-0.2, -0.15) is 0 Å². The van der Waals surface area contributed by atoms with Gasteiger partial charge in [0.1, 0.15) is 5.69 Å². The van der Waals surface area contributed by atoms with Crippen LogP contribution < -0.4 is 4.72 Å². The Balaban J connectivity index is 1.58. The second-order valence-corrected chi connectivity index (χ2v) is 6.83. The third-order valence-electron chi connectivity index (χ3n) is 3.28. The Labute approximate surface area is 146 Å².